The molecule has 0 amide bonds. The number of piperazine rings is 1. The van der Waals surface area contributed by atoms with Gasteiger partial charge in [-0.05, 0) is 30.3 Å². The van der Waals surface area contributed by atoms with Gasteiger partial charge in [0.1, 0.15) is 11.6 Å². The summed E-state index contributed by atoms with van der Waals surface area (Å²) in [6.45, 7) is 5.64. The number of aromatic nitrogens is 4. The van der Waals surface area contributed by atoms with E-state index in [1.807, 2.05) is 49.4 Å². The zero-order valence-corrected chi connectivity index (χ0v) is 20.6. The number of anilines is 3. The van der Waals surface area contributed by atoms with Crippen LogP contribution in [0, 0.1) is 0 Å². The molecule has 2 aromatic heterocycles. The summed E-state index contributed by atoms with van der Waals surface area (Å²) in [4.78, 5) is 36.2. The average Bonchev–Trinajstić information content (AvgIpc) is 2.94. The van der Waals surface area contributed by atoms with Crippen molar-refractivity contribution >= 4 is 23.5 Å². The molecule has 1 fully saturated rings. The van der Waals surface area contributed by atoms with Crippen LogP contribution in [-0.2, 0) is 6.42 Å². The van der Waals surface area contributed by atoms with E-state index in [-0.39, 0.29) is 5.78 Å². The Morgan fingerprint density at radius 3 is 2.31 bits per heavy atom. The van der Waals surface area contributed by atoms with E-state index in [0.717, 1.165) is 37.3 Å². The first-order valence-electron chi connectivity index (χ1n) is 12.2. The van der Waals surface area contributed by atoms with E-state index in [2.05, 4.69) is 54.2 Å². The first kappa shape index (κ1) is 23.6. The number of hydrogen-bond donors (Lipinski definition) is 1. The number of carbonyl (C=O) groups excluding carboxylic acids is 1. The number of benzene rings is 2. The van der Waals surface area contributed by atoms with Gasteiger partial charge in [-0.2, -0.15) is 15.0 Å². The molecule has 2 aromatic carbocycles. The second-order valence-corrected chi connectivity index (χ2v) is 8.82. The number of carbonyl (C=O) groups is 1. The summed E-state index contributed by atoms with van der Waals surface area (Å²) in [5.41, 5.74) is 3.22. The van der Waals surface area contributed by atoms with Crippen molar-refractivity contribution in [2.45, 2.75) is 13.3 Å². The minimum absolute atomic E-state index is 0.116. The van der Waals surface area contributed by atoms with E-state index in [9.17, 15) is 4.79 Å². The summed E-state index contributed by atoms with van der Waals surface area (Å²) in [7, 11) is 2.12. The third-order valence-corrected chi connectivity index (χ3v) is 6.31. The predicted octanol–water partition coefficient (Wildman–Crippen LogP) is 4.22. The van der Waals surface area contributed by atoms with E-state index < -0.39 is 0 Å². The van der Waals surface area contributed by atoms with Crippen LogP contribution in [0.4, 0.5) is 17.7 Å². The van der Waals surface area contributed by atoms with Crippen LogP contribution in [0.25, 0.3) is 11.1 Å². The lowest BCUT2D eigenvalue weighted by Gasteiger charge is -2.32. The van der Waals surface area contributed by atoms with Crippen molar-refractivity contribution in [1.29, 1.82) is 0 Å². The lowest BCUT2D eigenvalue weighted by atomic mass is 9.99. The Bertz CT molecular complexity index is 1330. The number of aryl methyl sites for hydroxylation is 1. The van der Waals surface area contributed by atoms with E-state index >= 15 is 0 Å². The minimum atomic E-state index is -0.116. The summed E-state index contributed by atoms with van der Waals surface area (Å²) in [5, 5.41) is 3.19. The highest BCUT2D eigenvalue weighted by molar-refractivity contribution is 6.12. The molecule has 5 rings (SSSR count). The molecule has 0 radical (unpaired) electrons. The molecule has 0 bridgehead atoms. The summed E-state index contributed by atoms with van der Waals surface area (Å²) in [6.07, 6.45) is 2.33. The number of nitrogens with one attached hydrogen (secondary N) is 1. The molecule has 1 aliphatic heterocycles. The molecule has 0 unspecified atom stereocenters. The topological polar surface area (TPSA) is 87.1 Å². The van der Waals surface area contributed by atoms with Crippen LogP contribution >= 0.6 is 0 Å². The number of ketones is 1. The van der Waals surface area contributed by atoms with E-state index in [4.69, 9.17) is 0 Å². The molecule has 1 saturated heterocycles. The van der Waals surface area contributed by atoms with Crippen molar-refractivity contribution in [3.8, 4) is 11.1 Å². The largest absolute Gasteiger partial charge is 0.338 e. The Hall–Kier alpha value is -4.17. The van der Waals surface area contributed by atoms with Gasteiger partial charge in [0.2, 0.25) is 11.9 Å². The molecule has 3 heterocycles. The highest BCUT2D eigenvalue weighted by Crippen LogP contribution is 2.24. The maximum absolute atomic E-state index is 13.4. The Kier molecular flexibility index (Phi) is 6.95. The lowest BCUT2D eigenvalue weighted by Crippen LogP contribution is -2.45. The van der Waals surface area contributed by atoms with E-state index in [1.165, 1.54) is 0 Å². The van der Waals surface area contributed by atoms with Gasteiger partial charge in [-0.1, -0.05) is 61.5 Å². The monoisotopic (exact) mass is 479 g/mol. The highest BCUT2D eigenvalue weighted by Gasteiger charge is 2.20. The second kappa shape index (κ2) is 10.6. The Morgan fingerprint density at radius 1 is 0.861 bits per heavy atom. The standard InChI is InChI=1S/C28H29N7O/c1-3-24-30-27(33-28(31-24)35-18-16-34(2)17-19-35)32-26-23(10-7-15-29-26)25(36)22-13-11-21(12-14-22)20-8-5-4-6-9-20/h4-15H,3,16-19H2,1-2H3,(H,29,30,31,32,33). The molecular weight excluding hydrogens is 450 g/mol. The fourth-order valence-electron chi connectivity index (χ4n) is 4.16. The summed E-state index contributed by atoms with van der Waals surface area (Å²) >= 11 is 0. The zero-order chi connectivity index (χ0) is 24.9. The van der Waals surface area contributed by atoms with Gasteiger partial charge in [0, 0.05) is 44.4 Å². The second-order valence-electron chi connectivity index (χ2n) is 8.82. The lowest BCUT2D eigenvalue weighted by molar-refractivity contribution is 0.103. The molecule has 8 nitrogen and oxygen atoms in total. The molecule has 1 aliphatic rings. The normalized spacial score (nSPS) is 14.0. The molecular formula is C28H29N7O. The van der Waals surface area contributed by atoms with Gasteiger partial charge < -0.3 is 15.1 Å². The van der Waals surface area contributed by atoms with Crippen molar-refractivity contribution in [3.05, 3.63) is 89.9 Å². The number of nitrogens with zero attached hydrogens (tertiary/aromatic N) is 6. The number of rotatable bonds is 7. The highest BCUT2D eigenvalue weighted by atomic mass is 16.1. The third kappa shape index (κ3) is 5.23. The molecule has 4 aromatic rings. The molecule has 0 spiro atoms. The minimum Gasteiger partial charge on any atom is -0.338 e. The van der Waals surface area contributed by atoms with Gasteiger partial charge in [-0.3, -0.25) is 4.79 Å². The van der Waals surface area contributed by atoms with Crippen molar-refractivity contribution in [3.63, 3.8) is 0 Å². The summed E-state index contributed by atoms with van der Waals surface area (Å²) in [6, 6.07) is 21.3. The van der Waals surface area contributed by atoms with Gasteiger partial charge in [0.05, 0.1) is 5.56 Å². The first-order valence-corrected chi connectivity index (χ1v) is 12.2. The van der Waals surface area contributed by atoms with Crippen molar-refractivity contribution in [1.82, 2.24) is 24.8 Å². The van der Waals surface area contributed by atoms with Crippen LogP contribution in [0.15, 0.2) is 72.9 Å². The van der Waals surface area contributed by atoms with Gasteiger partial charge in [-0.25, -0.2) is 4.98 Å². The number of pyridine rings is 1. The fraction of sp³-hybridized carbons (Fsp3) is 0.250. The molecule has 0 aliphatic carbocycles. The fourth-order valence-corrected chi connectivity index (χ4v) is 4.16. The van der Waals surface area contributed by atoms with Gasteiger partial charge in [0.25, 0.3) is 0 Å². The first-order chi connectivity index (χ1) is 17.6. The molecule has 8 heteroatoms. The summed E-state index contributed by atoms with van der Waals surface area (Å²) in [5.74, 6) is 2.05. The third-order valence-electron chi connectivity index (χ3n) is 6.31. The van der Waals surface area contributed by atoms with Gasteiger partial charge in [0.15, 0.2) is 5.78 Å². The van der Waals surface area contributed by atoms with Crippen LogP contribution in [0.3, 0.4) is 0 Å². The quantitative estimate of drug-likeness (QED) is 0.394. The van der Waals surface area contributed by atoms with Crippen molar-refractivity contribution in [2.75, 3.05) is 43.4 Å². The van der Waals surface area contributed by atoms with E-state index in [1.54, 1.807) is 18.3 Å². The maximum atomic E-state index is 13.4. The average molecular weight is 480 g/mol. The molecule has 0 atom stereocenters. The maximum Gasteiger partial charge on any atom is 0.233 e. The number of likely N-dealkylation sites (N-methyl/N-ethyl adjacent to an activating group) is 1. The SMILES string of the molecule is CCc1nc(Nc2ncccc2C(=O)c2ccc(-c3ccccc3)cc2)nc(N2CCN(C)CC2)n1. The molecule has 182 valence electrons. The van der Waals surface area contributed by atoms with Crippen LogP contribution in [0.5, 0.6) is 0 Å². The Labute approximate surface area is 211 Å². The smallest absolute Gasteiger partial charge is 0.233 e. The molecule has 1 N–H and O–H groups in total. The Morgan fingerprint density at radius 2 is 1.58 bits per heavy atom. The summed E-state index contributed by atoms with van der Waals surface area (Å²) < 4.78 is 0. The van der Waals surface area contributed by atoms with Gasteiger partial charge >= 0.3 is 0 Å². The molecule has 0 saturated carbocycles. The van der Waals surface area contributed by atoms with Crippen LogP contribution in [-0.4, -0.2) is 63.8 Å². The van der Waals surface area contributed by atoms with E-state index in [0.29, 0.717) is 41.1 Å². The van der Waals surface area contributed by atoms with Gasteiger partial charge in [-0.15, -0.1) is 0 Å². The van der Waals surface area contributed by atoms with Crippen LogP contribution in [0.2, 0.25) is 0 Å². The Balaban J connectivity index is 1.40. The molecule has 36 heavy (non-hydrogen) atoms. The predicted molar refractivity (Wildman–Crippen MR) is 142 cm³/mol. The number of hydrogen-bond acceptors (Lipinski definition) is 8. The van der Waals surface area contributed by atoms with Crippen LogP contribution in [0.1, 0.15) is 28.7 Å². The van der Waals surface area contributed by atoms with Crippen molar-refractivity contribution < 1.29 is 4.79 Å². The zero-order valence-electron chi connectivity index (χ0n) is 20.6. The van der Waals surface area contributed by atoms with Crippen molar-refractivity contribution in [2.24, 2.45) is 0 Å². The van der Waals surface area contributed by atoms with Crippen LogP contribution < -0.4 is 10.2 Å².